The Morgan fingerprint density at radius 2 is 2.14 bits per heavy atom. The molecule has 2 heterocycles. The summed E-state index contributed by atoms with van der Waals surface area (Å²) in [4.78, 5) is 16.6. The number of hydrogen-bond donors (Lipinski definition) is 2. The van der Waals surface area contributed by atoms with Crippen molar-refractivity contribution >= 4 is 29.3 Å². The third-order valence-corrected chi connectivity index (χ3v) is 4.14. The van der Waals surface area contributed by atoms with Crippen LogP contribution in [-0.2, 0) is 4.79 Å². The molecule has 0 radical (unpaired) electrons. The zero-order valence-corrected chi connectivity index (χ0v) is 12.7. The molecule has 0 spiro atoms. The van der Waals surface area contributed by atoms with Crippen LogP contribution in [0.3, 0.4) is 0 Å². The average molecular weight is 309 g/mol. The summed E-state index contributed by atoms with van der Waals surface area (Å²) in [5, 5.41) is 10.1. The molecule has 4 nitrogen and oxygen atoms in total. The highest BCUT2D eigenvalue weighted by molar-refractivity contribution is 5.85. The molecule has 1 aromatic heterocycles. The fourth-order valence-electron chi connectivity index (χ4n) is 3.13. The number of fused-ring (bicyclic) bond motifs is 1. The standard InChI is InChI=1S/C16H20N2O2.ClH/c19-16(20)8-10-18-9-4-3-7-15(18)14-11-12-5-1-2-6-13(12)17-14;/h1-2,5-6,11,15,17H,3-4,7-10H2,(H,19,20);1H. The van der Waals surface area contributed by atoms with Crippen molar-refractivity contribution in [1.29, 1.82) is 0 Å². The van der Waals surface area contributed by atoms with Gasteiger partial charge in [0.25, 0.3) is 0 Å². The number of H-pyrrole nitrogens is 1. The van der Waals surface area contributed by atoms with E-state index in [1.807, 2.05) is 12.1 Å². The van der Waals surface area contributed by atoms with Gasteiger partial charge in [0.05, 0.1) is 6.42 Å². The lowest BCUT2D eigenvalue weighted by Gasteiger charge is -2.34. The van der Waals surface area contributed by atoms with Crippen molar-refractivity contribution in [2.45, 2.75) is 31.7 Å². The number of benzene rings is 1. The first-order valence-electron chi connectivity index (χ1n) is 7.27. The number of piperidine rings is 1. The van der Waals surface area contributed by atoms with Crippen LogP contribution >= 0.6 is 12.4 Å². The van der Waals surface area contributed by atoms with Crippen LogP contribution in [0.4, 0.5) is 0 Å². The fraction of sp³-hybridized carbons (Fsp3) is 0.438. The van der Waals surface area contributed by atoms with Gasteiger partial charge in [0.1, 0.15) is 0 Å². The molecule has 114 valence electrons. The summed E-state index contributed by atoms with van der Waals surface area (Å²) >= 11 is 0. The van der Waals surface area contributed by atoms with E-state index in [-0.39, 0.29) is 18.8 Å². The van der Waals surface area contributed by atoms with Crippen molar-refractivity contribution in [1.82, 2.24) is 9.88 Å². The molecular formula is C16H21ClN2O2. The van der Waals surface area contributed by atoms with Crippen LogP contribution in [-0.4, -0.2) is 34.0 Å². The Kier molecular flexibility index (Phi) is 5.26. The summed E-state index contributed by atoms with van der Waals surface area (Å²) in [6.07, 6.45) is 3.70. The summed E-state index contributed by atoms with van der Waals surface area (Å²) in [5.74, 6) is -0.717. The lowest BCUT2D eigenvalue weighted by molar-refractivity contribution is -0.137. The second-order valence-corrected chi connectivity index (χ2v) is 5.50. The van der Waals surface area contributed by atoms with Gasteiger partial charge >= 0.3 is 5.97 Å². The lowest BCUT2D eigenvalue weighted by atomic mass is 9.99. The summed E-state index contributed by atoms with van der Waals surface area (Å²) in [6, 6.07) is 10.8. The van der Waals surface area contributed by atoms with E-state index >= 15 is 0 Å². The van der Waals surface area contributed by atoms with E-state index in [1.165, 1.54) is 17.5 Å². The van der Waals surface area contributed by atoms with Crippen LogP contribution in [0.1, 0.15) is 37.4 Å². The molecule has 1 saturated heterocycles. The fourth-order valence-corrected chi connectivity index (χ4v) is 3.13. The Morgan fingerprint density at radius 3 is 2.90 bits per heavy atom. The normalized spacial score (nSPS) is 19.3. The third-order valence-electron chi connectivity index (χ3n) is 4.14. The molecule has 21 heavy (non-hydrogen) atoms. The minimum Gasteiger partial charge on any atom is -0.481 e. The quantitative estimate of drug-likeness (QED) is 0.907. The zero-order valence-electron chi connectivity index (χ0n) is 11.9. The summed E-state index contributed by atoms with van der Waals surface area (Å²) < 4.78 is 0. The number of carbonyl (C=O) groups is 1. The van der Waals surface area contributed by atoms with Crippen molar-refractivity contribution in [2.24, 2.45) is 0 Å². The van der Waals surface area contributed by atoms with Gasteiger partial charge in [-0.25, -0.2) is 0 Å². The Balaban J connectivity index is 0.00000161. The number of nitrogens with zero attached hydrogens (tertiary/aromatic N) is 1. The highest BCUT2D eigenvalue weighted by atomic mass is 35.5. The molecule has 0 aliphatic carbocycles. The number of aromatic nitrogens is 1. The molecule has 0 bridgehead atoms. The minimum atomic E-state index is -0.717. The molecule has 2 aromatic rings. The van der Waals surface area contributed by atoms with Crippen LogP contribution in [0.15, 0.2) is 30.3 Å². The number of aromatic amines is 1. The van der Waals surface area contributed by atoms with E-state index in [9.17, 15) is 4.79 Å². The largest absolute Gasteiger partial charge is 0.481 e. The Bertz CT molecular complexity index is 578. The Labute approximate surface area is 130 Å². The number of likely N-dealkylation sites (tertiary alicyclic amines) is 1. The van der Waals surface area contributed by atoms with E-state index in [1.54, 1.807) is 0 Å². The highest BCUT2D eigenvalue weighted by Crippen LogP contribution is 2.32. The van der Waals surface area contributed by atoms with Crippen LogP contribution in [0.25, 0.3) is 10.9 Å². The number of halogens is 1. The van der Waals surface area contributed by atoms with Gasteiger partial charge in [-0.3, -0.25) is 9.69 Å². The molecule has 1 aliphatic rings. The van der Waals surface area contributed by atoms with Crippen LogP contribution in [0.5, 0.6) is 0 Å². The summed E-state index contributed by atoms with van der Waals surface area (Å²) in [6.45, 7) is 1.63. The monoisotopic (exact) mass is 308 g/mol. The molecule has 1 unspecified atom stereocenters. The first-order valence-corrected chi connectivity index (χ1v) is 7.27. The first-order chi connectivity index (χ1) is 9.74. The predicted octanol–water partition coefficient (Wildman–Crippen LogP) is 3.59. The maximum Gasteiger partial charge on any atom is 0.304 e. The number of carboxylic acid groups (broad SMARTS) is 1. The molecule has 3 rings (SSSR count). The molecule has 1 aliphatic heterocycles. The molecule has 0 saturated carbocycles. The van der Waals surface area contributed by atoms with E-state index < -0.39 is 5.97 Å². The van der Waals surface area contributed by atoms with E-state index in [0.29, 0.717) is 12.6 Å². The summed E-state index contributed by atoms with van der Waals surface area (Å²) in [5.41, 5.74) is 2.38. The van der Waals surface area contributed by atoms with Crippen molar-refractivity contribution in [3.05, 3.63) is 36.0 Å². The van der Waals surface area contributed by atoms with Crippen molar-refractivity contribution in [3.8, 4) is 0 Å². The van der Waals surface area contributed by atoms with Gasteiger partial charge in [-0.2, -0.15) is 0 Å². The Morgan fingerprint density at radius 1 is 1.33 bits per heavy atom. The third kappa shape index (κ3) is 3.57. The van der Waals surface area contributed by atoms with Crippen LogP contribution in [0, 0.1) is 0 Å². The van der Waals surface area contributed by atoms with Gasteiger partial charge in [0.15, 0.2) is 0 Å². The lowest BCUT2D eigenvalue weighted by Crippen LogP contribution is -2.35. The topological polar surface area (TPSA) is 56.3 Å². The number of nitrogens with one attached hydrogen (secondary N) is 1. The van der Waals surface area contributed by atoms with E-state index in [0.717, 1.165) is 24.9 Å². The van der Waals surface area contributed by atoms with Crippen LogP contribution in [0.2, 0.25) is 0 Å². The smallest absolute Gasteiger partial charge is 0.304 e. The van der Waals surface area contributed by atoms with Gasteiger partial charge in [-0.15, -0.1) is 12.4 Å². The predicted molar refractivity (Wildman–Crippen MR) is 86.0 cm³/mol. The molecule has 5 heteroatoms. The van der Waals surface area contributed by atoms with Gasteiger partial charge in [-0.05, 0) is 36.9 Å². The molecule has 0 amide bonds. The molecule has 1 atom stereocenters. The van der Waals surface area contributed by atoms with Crippen LogP contribution < -0.4 is 0 Å². The highest BCUT2D eigenvalue weighted by Gasteiger charge is 2.25. The maximum atomic E-state index is 10.8. The number of hydrogen-bond acceptors (Lipinski definition) is 2. The zero-order chi connectivity index (χ0) is 13.9. The van der Waals surface area contributed by atoms with Gasteiger partial charge in [0, 0.05) is 23.8 Å². The molecule has 2 N–H and O–H groups in total. The Hall–Kier alpha value is -1.52. The molecule has 1 aromatic carbocycles. The van der Waals surface area contributed by atoms with E-state index in [4.69, 9.17) is 5.11 Å². The second kappa shape index (κ2) is 6.96. The van der Waals surface area contributed by atoms with Gasteiger partial charge in [0.2, 0.25) is 0 Å². The molecule has 1 fully saturated rings. The summed E-state index contributed by atoms with van der Waals surface area (Å²) in [7, 11) is 0. The molecular weight excluding hydrogens is 288 g/mol. The van der Waals surface area contributed by atoms with E-state index in [2.05, 4.69) is 28.1 Å². The number of rotatable bonds is 4. The van der Waals surface area contributed by atoms with Crippen molar-refractivity contribution in [3.63, 3.8) is 0 Å². The average Bonchev–Trinajstić information content (AvgIpc) is 2.89. The maximum absolute atomic E-state index is 10.8. The van der Waals surface area contributed by atoms with Crippen molar-refractivity contribution < 1.29 is 9.90 Å². The van der Waals surface area contributed by atoms with Gasteiger partial charge in [-0.1, -0.05) is 24.6 Å². The first kappa shape index (κ1) is 15.9. The minimum absolute atomic E-state index is 0. The number of aliphatic carboxylic acids is 1. The van der Waals surface area contributed by atoms with Gasteiger partial charge < -0.3 is 10.1 Å². The van der Waals surface area contributed by atoms with Crippen molar-refractivity contribution in [2.75, 3.05) is 13.1 Å². The second-order valence-electron chi connectivity index (χ2n) is 5.50. The number of carboxylic acids is 1. The SMILES string of the molecule is Cl.O=C(O)CCN1CCCCC1c1cc2ccccc2[nH]1. The number of para-hydroxylation sites is 1.